The van der Waals surface area contributed by atoms with Crippen molar-refractivity contribution < 1.29 is 0 Å². The summed E-state index contributed by atoms with van der Waals surface area (Å²) >= 11 is 0. The molecule has 2 aromatic rings. The molecular formula is C15H26N6. The molecule has 1 unspecified atom stereocenters. The molecule has 0 saturated heterocycles. The maximum absolute atomic E-state index is 4.81. The molecule has 1 N–H and O–H groups in total. The Hall–Kier alpha value is -1.69. The minimum absolute atomic E-state index is 0.329. The predicted molar refractivity (Wildman–Crippen MR) is 83.2 cm³/mol. The van der Waals surface area contributed by atoms with Gasteiger partial charge in [0.05, 0.1) is 12.2 Å². The van der Waals surface area contributed by atoms with Gasteiger partial charge in [0, 0.05) is 30.5 Å². The van der Waals surface area contributed by atoms with Crippen molar-refractivity contribution in [3.05, 3.63) is 28.8 Å². The van der Waals surface area contributed by atoms with Crippen LogP contribution in [0.15, 0.2) is 6.20 Å². The standard InChI is InChI=1S/C15H26N6/c1-6-13-15(11(4)16-8-3)14(7-2)21(18-13)10-12-9-20(5)19-17-12/h9,11,16H,6-8,10H2,1-5H3. The third kappa shape index (κ3) is 3.32. The Balaban J connectivity index is 2.37. The fourth-order valence-electron chi connectivity index (χ4n) is 2.86. The minimum Gasteiger partial charge on any atom is -0.310 e. The summed E-state index contributed by atoms with van der Waals surface area (Å²) in [6, 6.07) is 0.329. The van der Waals surface area contributed by atoms with Crippen molar-refractivity contribution in [1.82, 2.24) is 30.1 Å². The zero-order chi connectivity index (χ0) is 15.4. The van der Waals surface area contributed by atoms with Crippen LogP contribution in [0.3, 0.4) is 0 Å². The molecule has 1 atom stereocenters. The van der Waals surface area contributed by atoms with Crippen molar-refractivity contribution in [2.75, 3.05) is 6.54 Å². The molecule has 0 aromatic carbocycles. The summed E-state index contributed by atoms with van der Waals surface area (Å²) in [4.78, 5) is 0. The number of nitrogens with zero attached hydrogens (tertiary/aromatic N) is 5. The van der Waals surface area contributed by atoms with Crippen molar-refractivity contribution >= 4 is 0 Å². The second-order valence-electron chi connectivity index (χ2n) is 5.33. The van der Waals surface area contributed by atoms with Gasteiger partial charge in [-0.3, -0.25) is 9.36 Å². The molecule has 0 fully saturated rings. The van der Waals surface area contributed by atoms with Crippen molar-refractivity contribution in [1.29, 1.82) is 0 Å². The Labute approximate surface area is 126 Å². The molecule has 0 radical (unpaired) electrons. The second kappa shape index (κ2) is 6.85. The number of aryl methyl sites for hydroxylation is 2. The van der Waals surface area contributed by atoms with Crippen LogP contribution in [-0.2, 0) is 26.4 Å². The van der Waals surface area contributed by atoms with Gasteiger partial charge in [-0.2, -0.15) is 5.10 Å². The fourth-order valence-corrected chi connectivity index (χ4v) is 2.86. The molecule has 0 aliphatic carbocycles. The maximum atomic E-state index is 4.81. The van der Waals surface area contributed by atoms with Crippen LogP contribution in [-0.4, -0.2) is 31.3 Å². The third-order valence-corrected chi connectivity index (χ3v) is 3.75. The number of hydrogen-bond donors (Lipinski definition) is 1. The number of aromatic nitrogens is 5. The predicted octanol–water partition coefficient (Wildman–Crippen LogP) is 1.86. The Morgan fingerprint density at radius 2 is 2.00 bits per heavy atom. The van der Waals surface area contributed by atoms with E-state index in [9.17, 15) is 0 Å². The van der Waals surface area contributed by atoms with Gasteiger partial charge < -0.3 is 5.32 Å². The average Bonchev–Trinajstić information content (AvgIpc) is 3.02. The fraction of sp³-hybridized carbons (Fsp3) is 0.667. The summed E-state index contributed by atoms with van der Waals surface area (Å²) < 4.78 is 3.82. The molecule has 2 heterocycles. The number of nitrogens with one attached hydrogen (secondary N) is 1. The third-order valence-electron chi connectivity index (χ3n) is 3.75. The largest absolute Gasteiger partial charge is 0.310 e. The SMILES string of the molecule is CCNC(C)c1c(CC)nn(Cc2cn(C)nn2)c1CC. The molecule has 0 amide bonds. The van der Waals surface area contributed by atoms with Crippen LogP contribution in [0.1, 0.15) is 56.4 Å². The second-order valence-corrected chi connectivity index (χ2v) is 5.33. The van der Waals surface area contributed by atoms with Gasteiger partial charge in [0.25, 0.3) is 0 Å². The molecular weight excluding hydrogens is 264 g/mol. The normalized spacial score (nSPS) is 12.8. The quantitative estimate of drug-likeness (QED) is 0.845. The lowest BCUT2D eigenvalue weighted by Crippen LogP contribution is -2.20. The summed E-state index contributed by atoms with van der Waals surface area (Å²) in [5.41, 5.74) is 4.78. The number of hydrogen-bond acceptors (Lipinski definition) is 4. The Morgan fingerprint density at radius 3 is 2.52 bits per heavy atom. The van der Waals surface area contributed by atoms with Crippen molar-refractivity contribution in [3.8, 4) is 0 Å². The maximum Gasteiger partial charge on any atom is 0.104 e. The first kappa shape index (κ1) is 15.7. The average molecular weight is 290 g/mol. The summed E-state index contributed by atoms with van der Waals surface area (Å²) in [5, 5.41) is 16.5. The molecule has 21 heavy (non-hydrogen) atoms. The zero-order valence-electron chi connectivity index (χ0n) is 13.7. The van der Waals surface area contributed by atoms with Crippen LogP contribution in [0.5, 0.6) is 0 Å². The first-order valence-corrected chi connectivity index (χ1v) is 7.77. The summed E-state index contributed by atoms with van der Waals surface area (Å²) in [7, 11) is 1.89. The Morgan fingerprint density at radius 1 is 1.24 bits per heavy atom. The van der Waals surface area contributed by atoms with E-state index in [1.165, 1.54) is 17.0 Å². The van der Waals surface area contributed by atoms with Gasteiger partial charge in [0.1, 0.15) is 5.69 Å². The topological polar surface area (TPSA) is 60.6 Å². The molecule has 0 bridgehead atoms. The van der Waals surface area contributed by atoms with Crippen LogP contribution >= 0.6 is 0 Å². The van der Waals surface area contributed by atoms with E-state index in [0.717, 1.165) is 25.1 Å². The van der Waals surface area contributed by atoms with E-state index < -0.39 is 0 Å². The van der Waals surface area contributed by atoms with Crippen LogP contribution in [0.4, 0.5) is 0 Å². The van der Waals surface area contributed by atoms with E-state index in [0.29, 0.717) is 12.6 Å². The monoisotopic (exact) mass is 290 g/mol. The summed E-state index contributed by atoms with van der Waals surface area (Å²) in [6.07, 6.45) is 3.87. The van der Waals surface area contributed by atoms with E-state index in [4.69, 9.17) is 5.10 Å². The van der Waals surface area contributed by atoms with Crippen LogP contribution in [0.25, 0.3) is 0 Å². The van der Waals surface area contributed by atoms with Gasteiger partial charge in [-0.15, -0.1) is 5.10 Å². The lowest BCUT2D eigenvalue weighted by molar-refractivity contribution is 0.582. The Bertz CT molecular complexity index is 583. The van der Waals surface area contributed by atoms with Crippen molar-refractivity contribution in [2.45, 2.75) is 53.1 Å². The lowest BCUT2D eigenvalue weighted by Gasteiger charge is -2.15. The highest BCUT2D eigenvalue weighted by Gasteiger charge is 2.20. The highest BCUT2D eigenvalue weighted by molar-refractivity contribution is 5.30. The molecule has 2 rings (SSSR count). The van der Waals surface area contributed by atoms with Gasteiger partial charge in [0.15, 0.2) is 0 Å². The van der Waals surface area contributed by atoms with E-state index in [-0.39, 0.29) is 0 Å². The molecule has 6 heteroatoms. The molecule has 0 spiro atoms. The van der Waals surface area contributed by atoms with E-state index in [1.807, 2.05) is 13.2 Å². The first-order chi connectivity index (χ1) is 10.1. The molecule has 116 valence electrons. The van der Waals surface area contributed by atoms with Crippen LogP contribution in [0.2, 0.25) is 0 Å². The molecule has 0 aliphatic heterocycles. The minimum atomic E-state index is 0.329. The highest BCUT2D eigenvalue weighted by atomic mass is 15.4. The molecule has 2 aromatic heterocycles. The van der Waals surface area contributed by atoms with Crippen molar-refractivity contribution in [3.63, 3.8) is 0 Å². The van der Waals surface area contributed by atoms with Crippen LogP contribution < -0.4 is 5.32 Å². The van der Waals surface area contributed by atoms with Gasteiger partial charge >= 0.3 is 0 Å². The summed E-state index contributed by atoms with van der Waals surface area (Å²) in [6.45, 7) is 10.3. The highest BCUT2D eigenvalue weighted by Crippen LogP contribution is 2.24. The van der Waals surface area contributed by atoms with Crippen molar-refractivity contribution in [2.24, 2.45) is 7.05 Å². The van der Waals surface area contributed by atoms with E-state index in [2.05, 4.69) is 48.0 Å². The lowest BCUT2D eigenvalue weighted by atomic mass is 10.0. The van der Waals surface area contributed by atoms with E-state index >= 15 is 0 Å². The summed E-state index contributed by atoms with van der Waals surface area (Å²) in [5.74, 6) is 0. The van der Waals surface area contributed by atoms with Gasteiger partial charge in [-0.05, 0) is 26.3 Å². The number of rotatable bonds is 7. The van der Waals surface area contributed by atoms with Gasteiger partial charge in [-0.25, -0.2) is 0 Å². The van der Waals surface area contributed by atoms with Crippen LogP contribution in [0, 0.1) is 0 Å². The zero-order valence-corrected chi connectivity index (χ0v) is 13.7. The Kier molecular flexibility index (Phi) is 5.12. The first-order valence-electron chi connectivity index (χ1n) is 7.77. The molecule has 6 nitrogen and oxygen atoms in total. The molecule has 0 aliphatic rings. The smallest absolute Gasteiger partial charge is 0.104 e. The van der Waals surface area contributed by atoms with E-state index in [1.54, 1.807) is 4.68 Å². The van der Waals surface area contributed by atoms with Gasteiger partial charge in [-0.1, -0.05) is 26.0 Å². The van der Waals surface area contributed by atoms with Gasteiger partial charge in [0.2, 0.25) is 0 Å². The molecule has 0 saturated carbocycles.